The Morgan fingerprint density at radius 2 is 2.42 bits per heavy atom. The first kappa shape index (κ1) is 9.48. The quantitative estimate of drug-likeness (QED) is 0.580. The summed E-state index contributed by atoms with van der Waals surface area (Å²) in [6.45, 7) is 3.46. The molecule has 3 N–H and O–H groups in total. The number of nitrogens with two attached hydrogens (primary N) is 1. The highest BCUT2D eigenvalue weighted by molar-refractivity contribution is 5.75. The number of piperidine rings is 1. The molecule has 1 unspecified atom stereocenters. The topological polar surface area (TPSA) is 66.6 Å². The molecule has 4 heteroatoms. The van der Waals surface area contributed by atoms with E-state index in [0.29, 0.717) is 6.54 Å². The number of hydrogen-bond acceptors (Lipinski definition) is 3. The summed E-state index contributed by atoms with van der Waals surface area (Å²) in [6.07, 6.45) is 1.74. The maximum atomic E-state index is 10.6. The van der Waals surface area contributed by atoms with Gasteiger partial charge in [-0.05, 0) is 26.3 Å². The molecule has 0 bridgehead atoms. The zero-order chi connectivity index (χ0) is 9.19. The van der Waals surface area contributed by atoms with Crippen molar-refractivity contribution in [2.24, 2.45) is 5.73 Å². The van der Waals surface area contributed by atoms with Gasteiger partial charge in [0.25, 0.3) is 0 Å². The van der Waals surface area contributed by atoms with Crippen molar-refractivity contribution >= 4 is 5.91 Å². The number of likely N-dealkylation sites (tertiary alicyclic amines) is 1. The summed E-state index contributed by atoms with van der Waals surface area (Å²) in [7, 11) is 0. The Hall–Kier alpha value is -0.610. The van der Waals surface area contributed by atoms with Crippen LogP contribution in [0.4, 0.5) is 0 Å². The maximum Gasteiger partial charge on any atom is 0.231 e. The fourth-order valence-corrected chi connectivity index (χ4v) is 1.68. The number of aliphatic hydroxyl groups is 1. The van der Waals surface area contributed by atoms with Gasteiger partial charge < -0.3 is 10.8 Å². The summed E-state index contributed by atoms with van der Waals surface area (Å²) in [4.78, 5) is 12.5. The van der Waals surface area contributed by atoms with E-state index in [1.165, 1.54) is 0 Å². The van der Waals surface area contributed by atoms with Crippen molar-refractivity contribution in [1.29, 1.82) is 0 Å². The molecule has 12 heavy (non-hydrogen) atoms. The Balaban J connectivity index is 2.41. The first-order chi connectivity index (χ1) is 5.49. The molecule has 1 aliphatic heterocycles. The highest BCUT2D eigenvalue weighted by atomic mass is 16.3. The number of rotatable bonds is 2. The van der Waals surface area contributed by atoms with E-state index in [-0.39, 0.29) is 12.5 Å². The molecular formula is C8H16N2O2. The number of amides is 1. The third kappa shape index (κ3) is 2.79. The van der Waals surface area contributed by atoms with Gasteiger partial charge in [0.15, 0.2) is 0 Å². The normalized spacial score (nSPS) is 31.8. The van der Waals surface area contributed by atoms with Crippen LogP contribution in [0, 0.1) is 0 Å². The van der Waals surface area contributed by atoms with Crippen molar-refractivity contribution < 1.29 is 9.90 Å². The van der Waals surface area contributed by atoms with Crippen molar-refractivity contribution in [3.8, 4) is 0 Å². The van der Waals surface area contributed by atoms with Gasteiger partial charge in [0.1, 0.15) is 0 Å². The van der Waals surface area contributed by atoms with Crippen LogP contribution in [0.3, 0.4) is 0 Å². The van der Waals surface area contributed by atoms with Gasteiger partial charge in [-0.3, -0.25) is 9.69 Å². The molecule has 1 fully saturated rings. The fourth-order valence-electron chi connectivity index (χ4n) is 1.68. The van der Waals surface area contributed by atoms with Crippen LogP contribution in [0.2, 0.25) is 0 Å². The van der Waals surface area contributed by atoms with E-state index in [1.54, 1.807) is 6.92 Å². The molecule has 0 aromatic rings. The predicted octanol–water partition coefficient (Wildman–Crippen LogP) is -0.681. The number of nitrogens with zero attached hydrogens (tertiary/aromatic N) is 1. The Morgan fingerprint density at radius 3 is 2.92 bits per heavy atom. The molecule has 0 aliphatic carbocycles. The van der Waals surface area contributed by atoms with Crippen molar-refractivity contribution in [2.75, 3.05) is 19.6 Å². The van der Waals surface area contributed by atoms with Crippen LogP contribution in [0.1, 0.15) is 19.8 Å². The minimum absolute atomic E-state index is 0.260. The molecule has 1 atom stereocenters. The van der Waals surface area contributed by atoms with E-state index in [1.807, 2.05) is 4.90 Å². The number of hydrogen-bond donors (Lipinski definition) is 2. The third-order valence-electron chi connectivity index (χ3n) is 2.13. The molecule has 0 radical (unpaired) electrons. The Morgan fingerprint density at radius 1 is 1.75 bits per heavy atom. The average molecular weight is 172 g/mol. The van der Waals surface area contributed by atoms with Gasteiger partial charge in [-0.1, -0.05) is 0 Å². The largest absolute Gasteiger partial charge is 0.389 e. The average Bonchev–Trinajstić information content (AvgIpc) is 1.82. The first-order valence-electron chi connectivity index (χ1n) is 4.23. The number of primary amides is 1. The molecule has 0 aromatic heterocycles. The molecule has 1 heterocycles. The van der Waals surface area contributed by atoms with E-state index >= 15 is 0 Å². The lowest BCUT2D eigenvalue weighted by molar-refractivity contribution is -0.120. The van der Waals surface area contributed by atoms with Gasteiger partial charge in [0, 0.05) is 6.54 Å². The van der Waals surface area contributed by atoms with Crippen molar-refractivity contribution in [1.82, 2.24) is 4.90 Å². The molecule has 1 rings (SSSR count). The van der Waals surface area contributed by atoms with Gasteiger partial charge in [0.05, 0.1) is 12.1 Å². The van der Waals surface area contributed by atoms with Crippen LogP contribution in [0.15, 0.2) is 0 Å². The third-order valence-corrected chi connectivity index (χ3v) is 2.13. The van der Waals surface area contributed by atoms with Gasteiger partial charge in [0.2, 0.25) is 5.91 Å². The summed E-state index contributed by atoms with van der Waals surface area (Å²) in [5.74, 6) is -0.326. The number of carbonyl (C=O) groups excluding carboxylic acids is 1. The minimum Gasteiger partial charge on any atom is -0.389 e. The highest BCUT2D eigenvalue weighted by Gasteiger charge is 2.28. The monoisotopic (exact) mass is 172 g/mol. The smallest absolute Gasteiger partial charge is 0.231 e. The van der Waals surface area contributed by atoms with E-state index in [4.69, 9.17) is 5.73 Å². The number of carbonyl (C=O) groups is 1. The van der Waals surface area contributed by atoms with E-state index < -0.39 is 5.60 Å². The van der Waals surface area contributed by atoms with Gasteiger partial charge >= 0.3 is 0 Å². The first-order valence-corrected chi connectivity index (χ1v) is 4.23. The van der Waals surface area contributed by atoms with E-state index in [2.05, 4.69) is 0 Å². The Labute approximate surface area is 72.3 Å². The zero-order valence-electron chi connectivity index (χ0n) is 7.42. The van der Waals surface area contributed by atoms with Gasteiger partial charge in [-0.15, -0.1) is 0 Å². The van der Waals surface area contributed by atoms with Crippen LogP contribution >= 0.6 is 0 Å². The molecular weight excluding hydrogens is 156 g/mol. The van der Waals surface area contributed by atoms with Crippen LogP contribution < -0.4 is 5.73 Å². The predicted molar refractivity (Wildman–Crippen MR) is 45.5 cm³/mol. The maximum absolute atomic E-state index is 10.6. The van der Waals surface area contributed by atoms with Crippen molar-refractivity contribution in [3.63, 3.8) is 0 Å². The van der Waals surface area contributed by atoms with Crippen LogP contribution in [-0.4, -0.2) is 41.1 Å². The van der Waals surface area contributed by atoms with Crippen LogP contribution in [-0.2, 0) is 4.79 Å². The molecule has 0 aromatic carbocycles. The van der Waals surface area contributed by atoms with Crippen molar-refractivity contribution in [3.05, 3.63) is 0 Å². The minimum atomic E-state index is -0.645. The molecule has 1 aliphatic rings. The summed E-state index contributed by atoms with van der Waals surface area (Å²) in [5.41, 5.74) is 4.40. The standard InChI is InChI=1S/C8H16N2O2/c1-8(12)3-2-4-10(6-8)5-7(9)11/h12H,2-6H2,1H3,(H2,9,11). The molecule has 70 valence electrons. The fraction of sp³-hybridized carbons (Fsp3) is 0.875. The summed E-state index contributed by atoms with van der Waals surface area (Å²) < 4.78 is 0. The summed E-state index contributed by atoms with van der Waals surface area (Å²) in [6, 6.07) is 0. The Kier molecular flexibility index (Phi) is 2.69. The highest BCUT2D eigenvalue weighted by Crippen LogP contribution is 2.19. The lowest BCUT2D eigenvalue weighted by Crippen LogP contribution is -2.48. The molecule has 0 saturated carbocycles. The van der Waals surface area contributed by atoms with Crippen LogP contribution in [0.5, 0.6) is 0 Å². The molecule has 0 spiro atoms. The van der Waals surface area contributed by atoms with Crippen molar-refractivity contribution in [2.45, 2.75) is 25.4 Å². The van der Waals surface area contributed by atoms with Gasteiger partial charge in [-0.25, -0.2) is 0 Å². The zero-order valence-corrected chi connectivity index (χ0v) is 7.42. The second-order valence-corrected chi connectivity index (χ2v) is 3.78. The van der Waals surface area contributed by atoms with E-state index in [0.717, 1.165) is 19.4 Å². The molecule has 1 saturated heterocycles. The Bertz CT molecular complexity index is 180. The second-order valence-electron chi connectivity index (χ2n) is 3.78. The lowest BCUT2D eigenvalue weighted by Gasteiger charge is -2.35. The summed E-state index contributed by atoms with van der Waals surface area (Å²) >= 11 is 0. The molecule has 1 amide bonds. The number of β-amino-alcohol motifs (C(OH)–C–C–N with tert-alkyl or cyclic N) is 1. The second kappa shape index (κ2) is 3.41. The van der Waals surface area contributed by atoms with E-state index in [9.17, 15) is 9.90 Å². The van der Waals surface area contributed by atoms with Crippen LogP contribution in [0.25, 0.3) is 0 Å². The van der Waals surface area contributed by atoms with Gasteiger partial charge in [-0.2, -0.15) is 0 Å². The SMILES string of the molecule is CC1(O)CCCN(CC(N)=O)C1. The lowest BCUT2D eigenvalue weighted by atomic mass is 9.95. The summed E-state index contributed by atoms with van der Waals surface area (Å²) in [5, 5.41) is 9.66. The molecule has 4 nitrogen and oxygen atoms in total.